The third-order valence-corrected chi connectivity index (χ3v) is 10.1. The smallest absolute Gasteiger partial charge is 0.336 e. The third kappa shape index (κ3) is 10.2. The van der Waals surface area contributed by atoms with Gasteiger partial charge in [-0.25, -0.2) is 13.6 Å². The standard InChI is InChI=1S/C41H57F2NO5S/c1-5-7-8-12-21-29-39(42,43)30-22-13-10-9-11-20-27-34(40(48,28-6-2)37(46)47)36(45)44-35(31(3)4)41(49-38(44)50,32-23-16-14-17-24-32)33-25-18-15-19-26-33/h14-20,23-27,31,34-35,48H,5-13,21-22,28-30H2,1-4H3,(H,46,47)/b27-20+/t34-,35+,40+/m1/s1. The van der Waals surface area contributed by atoms with Gasteiger partial charge in [-0.05, 0) is 50.2 Å². The minimum atomic E-state index is -2.63. The van der Waals surface area contributed by atoms with Crippen LogP contribution in [0.5, 0.6) is 0 Å². The first kappa shape index (κ1) is 41.3. The van der Waals surface area contributed by atoms with Crippen molar-refractivity contribution in [3.8, 4) is 0 Å². The molecular formula is C41H57F2NO5S. The Balaban J connectivity index is 1.80. The van der Waals surface area contributed by atoms with Crippen LogP contribution in [0.4, 0.5) is 8.78 Å². The van der Waals surface area contributed by atoms with Crippen molar-refractivity contribution < 1.29 is 33.3 Å². The lowest BCUT2D eigenvalue weighted by molar-refractivity contribution is -0.169. The fourth-order valence-electron chi connectivity index (χ4n) is 7.25. The number of halogens is 2. The molecule has 1 amide bonds. The molecule has 1 heterocycles. The van der Waals surface area contributed by atoms with E-state index in [0.717, 1.165) is 43.2 Å². The molecule has 9 heteroatoms. The van der Waals surface area contributed by atoms with Crippen LogP contribution in [0.15, 0.2) is 72.8 Å². The Hall–Kier alpha value is -3.17. The van der Waals surface area contributed by atoms with Crippen LogP contribution < -0.4 is 0 Å². The quantitative estimate of drug-likeness (QED) is 0.0718. The van der Waals surface area contributed by atoms with Crippen LogP contribution in [0.2, 0.25) is 0 Å². The first-order chi connectivity index (χ1) is 23.9. The van der Waals surface area contributed by atoms with Crippen molar-refractivity contribution in [3.05, 3.63) is 83.9 Å². The van der Waals surface area contributed by atoms with E-state index in [-0.39, 0.29) is 30.4 Å². The molecule has 0 spiro atoms. The topological polar surface area (TPSA) is 87.1 Å². The molecule has 1 fully saturated rings. The SMILES string of the molecule is CCCCCCCC(F)(F)CCCCCC/C=C/[C@H](C(=O)N1C(=S)OC(c2ccccc2)(c2ccccc2)[C@@H]1C(C)C)[C@@](O)(CCC)C(=O)O. The molecule has 0 aliphatic carbocycles. The van der Waals surface area contributed by atoms with E-state index in [1.165, 1.54) is 11.0 Å². The van der Waals surface area contributed by atoms with Crippen molar-refractivity contribution >= 4 is 29.3 Å². The Morgan fingerprint density at radius 3 is 1.86 bits per heavy atom. The molecule has 0 bridgehead atoms. The van der Waals surface area contributed by atoms with E-state index in [2.05, 4.69) is 6.92 Å². The van der Waals surface area contributed by atoms with E-state index in [1.54, 1.807) is 13.0 Å². The number of allylic oxidation sites excluding steroid dienone is 1. The molecular weight excluding hydrogens is 657 g/mol. The van der Waals surface area contributed by atoms with Crippen LogP contribution in [0, 0.1) is 11.8 Å². The first-order valence-electron chi connectivity index (χ1n) is 18.5. The maximum Gasteiger partial charge on any atom is 0.336 e. The molecule has 0 saturated carbocycles. The summed E-state index contributed by atoms with van der Waals surface area (Å²) in [6.45, 7) is 7.79. The predicted molar refractivity (Wildman–Crippen MR) is 199 cm³/mol. The summed E-state index contributed by atoms with van der Waals surface area (Å²) in [6.07, 6.45) is 10.8. The summed E-state index contributed by atoms with van der Waals surface area (Å²) in [5, 5.41) is 21.9. The highest BCUT2D eigenvalue weighted by molar-refractivity contribution is 7.80. The number of aliphatic carboxylic acids is 1. The molecule has 0 radical (unpaired) electrons. The van der Waals surface area contributed by atoms with Crippen LogP contribution in [0.1, 0.15) is 129 Å². The maximum atomic E-state index is 14.7. The van der Waals surface area contributed by atoms with Gasteiger partial charge in [0.25, 0.3) is 5.17 Å². The van der Waals surface area contributed by atoms with Crippen molar-refractivity contribution in [3.63, 3.8) is 0 Å². The van der Waals surface area contributed by atoms with Gasteiger partial charge in [-0.15, -0.1) is 0 Å². The zero-order valence-electron chi connectivity index (χ0n) is 30.3. The van der Waals surface area contributed by atoms with Crippen molar-refractivity contribution in [2.24, 2.45) is 11.8 Å². The Kier molecular flexibility index (Phi) is 16.0. The second-order valence-electron chi connectivity index (χ2n) is 14.1. The van der Waals surface area contributed by atoms with E-state index >= 15 is 0 Å². The molecule has 1 aliphatic heterocycles. The maximum absolute atomic E-state index is 14.7. The lowest BCUT2D eigenvalue weighted by atomic mass is 9.75. The number of carboxylic acid groups (broad SMARTS) is 1. The Morgan fingerprint density at radius 2 is 1.38 bits per heavy atom. The molecule has 6 nitrogen and oxygen atoms in total. The minimum Gasteiger partial charge on any atom is -0.479 e. The molecule has 50 heavy (non-hydrogen) atoms. The van der Waals surface area contributed by atoms with E-state index in [0.29, 0.717) is 38.5 Å². The van der Waals surface area contributed by atoms with Gasteiger partial charge in [0.15, 0.2) is 11.2 Å². The number of alkyl halides is 2. The van der Waals surface area contributed by atoms with Crippen LogP contribution in [-0.4, -0.2) is 49.7 Å². The highest BCUT2D eigenvalue weighted by Gasteiger charge is 2.60. The van der Waals surface area contributed by atoms with Gasteiger partial charge in [-0.3, -0.25) is 9.69 Å². The largest absolute Gasteiger partial charge is 0.479 e. The molecule has 3 rings (SSSR count). The van der Waals surface area contributed by atoms with Gasteiger partial charge in [-0.1, -0.05) is 145 Å². The van der Waals surface area contributed by atoms with Gasteiger partial charge in [-0.2, -0.15) is 0 Å². The molecule has 1 aliphatic rings. The second kappa shape index (κ2) is 19.4. The van der Waals surface area contributed by atoms with Crippen LogP contribution >= 0.6 is 12.2 Å². The monoisotopic (exact) mass is 713 g/mol. The lowest BCUT2D eigenvalue weighted by Crippen LogP contribution is -2.56. The molecule has 1 saturated heterocycles. The Morgan fingerprint density at radius 1 is 0.860 bits per heavy atom. The molecule has 3 atom stereocenters. The third-order valence-electron chi connectivity index (χ3n) is 9.83. The summed E-state index contributed by atoms with van der Waals surface area (Å²) < 4.78 is 35.2. The molecule has 2 N–H and O–H groups in total. The summed E-state index contributed by atoms with van der Waals surface area (Å²) in [5.41, 5.74) is -1.97. The van der Waals surface area contributed by atoms with Crippen molar-refractivity contribution in [2.45, 2.75) is 141 Å². The normalized spacial score (nSPS) is 18.0. The Bertz CT molecular complexity index is 1350. The number of unbranched alkanes of at least 4 members (excludes halogenated alkanes) is 8. The highest BCUT2D eigenvalue weighted by Crippen LogP contribution is 2.48. The number of hydrogen-bond acceptors (Lipinski definition) is 5. The molecule has 2 aromatic carbocycles. The molecule has 0 unspecified atom stereocenters. The number of carboxylic acids is 1. The molecule has 0 aromatic heterocycles. The van der Waals surface area contributed by atoms with Crippen LogP contribution in [0.25, 0.3) is 0 Å². The van der Waals surface area contributed by atoms with E-state index in [4.69, 9.17) is 17.0 Å². The average molecular weight is 714 g/mol. The number of hydrogen-bond donors (Lipinski definition) is 2. The number of nitrogens with zero attached hydrogens (tertiary/aromatic N) is 1. The number of carbonyl (C=O) groups excluding carboxylic acids is 1. The number of carbonyl (C=O) groups is 2. The summed E-state index contributed by atoms with van der Waals surface area (Å²) in [5.74, 6) is -6.40. The van der Waals surface area contributed by atoms with Gasteiger partial charge >= 0.3 is 5.97 Å². The van der Waals surface area contributed by atoms with E-state index in [9.17, 15) is 28.6 Å². The van der Waals surface area contributed by atoms with Crippen molar-refractivity contribution in [1.29, 1.82) is 0 Å². The summed E-state index contributed by atoms with van der Waals surface area (Å²) in [7, 11) is 0. The second-order valence-corrected chi connectivity index (χ2v) is 14.4. The van der Waals surface area contributed by atoms with E-state index < -0.39 is 41.0 Å². The number of ether oxygens (including phenoxy) is 1. The fourth-order valence-corrected chi connectivity index (χ4v) is 7.59. The predicted octanol–water partition coefficient (Wildman–Crippen LogP) is 10.2. The van der Waals surface area contributed by atoms with E-state index in [1.807, 2.05) is 74.5 Å². The number of amides is 1. The Labute approximate surface area is 303 Å². The van der Waals surface area contributed by atoms with Crippen LogP contribution in [-0.2, 0) is 19.9 Å². The average Bonchev–Trinajstić information content (AvgIpc) is 3.42. The van der Waals surface area contributed by atoms with Gasteiger partial charge in [0, 0.05) is 24.0 Å². The number of thiocarbonyl (C=S) groups is 1. The lowest BCUT2D eigenvalue weighted by Gasteiger charge is -2.39. The van der Waals surface area contributed by atoms with Gasteiger partial charge in [0.2, 0.25) is 11.8 Å². The first-order valence-corrected chi connectivity index (χ1v) is 18.9. The van der Waals surface area contributed by atoms with Crippen molar-refractivity contribution in [2.75, 3.05) is 0 Å². The minimum absolute atomic E-state index is 0.0555. The van der Waals surface area contributed by atoms with Crippen LogP contribution in [0.3, 0.4) is 0 Å². The number of rotatable bonds is 22. The molecule has 2 aromatic rings. The number of aliphatic hydroxyl groups is 1. The zero-order chi connectivity index (χ0) is 36.8. The molecule has 276 valence electrons. The van der Waals surface area contributed by atoms with Crippen molar-refractivity contribution in [1.82, 2.24) is 4.90 Å². The van der Waals surface area contributed by atoms with Gasteiger partial charge < -0.3 is 14.9 Å². The van der Waals surface area contributed by atoms with Gasteiger partial charge in [0.05, 0.1) is 12.0 Å². The fraction of sp³-hybridized carbons (Fsp3) is 0.585. The summed E-state index contributed by atoms with van der Waals surface area (Å²) in [6, 6.07) is 18.4. The van der Waals surface area contributed by atoms with Gasteiger partial charge in [0.1, 0.15) is 0 Å². The zero-order valence-corrected chi connectivity index (χ0v) is 31.1. The summed E-state index contributed by atoms with van der Waals surface area (Å²) in [4.78, 5) is 28.7. The number of benzene rings is 2. The highest BCUT2D eigenvalue weighted by atomic mass is 32.1. The summed E-state index contributed by atoms with van der Waals surface area (Å²) >= 11 is 5.77.